The molecule has 0 aliphatic rings. The van der Waals surface area contributed by atoms with E-state index in [1.165, 1.54) is 13.0 Å². The number of ketones is 1. The Morgan fingerprint density at radius 2 is 2.00 bits per heavy atom. The van der Waals surface area contributed by atoms with Crippen molar-refractivity contribution >= 4 is 44.8 Å². The summed E-state index contributed by atoms with van der Waals surface area (Å²) in [6.45, 7) is 3.19. The van der Waals surface area contributed by atoms with Gasteiger partial charge in [0.2, 0.25) is 0 Å². The SMILES string of the molecule is CC(=O)c1cc(Cl)ccc1OCC(=O)N(C)[C@H](C)c1nc2ccccc2s1. The van der Waals surface area contributed by atoms with Crippen LogP contribution in [0.25, 0.3) is 10.2 Å². The molecule has 1 amide bonds. The number of nitrogens with zero attached hydrogens (tertiary/aromatic N) is 2. The molecule has 27 heavy (non-hydrogen) atoms. The maximum absolute atomic E-state index is 12.6. The second-order valence-corrected chi connectivity index (χ2v) is 7.68. The molecule has 1 heterocycles. The minimum Gasteiger partial charge on any atom is -0.483 e. The van der Waals surface area contributed by atoms with Crippen molar-refractivity contribution < 1.29 is 14.3 Å². The summed E-state index contributed by atoms with van der Waals surface area (Å²) in [5, 5.41) is 1.31. The van der Waals surface area contributed by atoms with Gasteiger partial charge in [-0.1, -0.05) is 23.7 Å². The Kier molecular flexibility index (Phi) is 5.77. The highest BCUT2D eigenvalue weighted by atomic mass is 35.5. The van der Waals surface area contributed by atoms with Gasteiger partial charge in [-0.05, 0) is 44.2 Å². The molecule has 0 saturated heterocycles. The fourth-order valence-electron chi connectivity index (χ4n) is 2.59. The summed E-state index contributed by atoms with van der Waals surface area (Å²) in [7, 11) is 1.72. The molecular formula is C20H19ClN2O3S. The molecule has 0 bridgehead atoms. The number of carbonyl (C=O) groups is 2. The van der Waals surface area contributed by atoms with E-state index in [1.807, 2.05) is 31.2 Å². The van der Waals surface area contributed by atoms with Crippen molar-refractivity contribution in [3.63, 3.8) is 0 Å². The molecule has 0 saturated carbocycles. The lowest BCUT2D eigenvalue weighted by Gasteiger charge is -2.23. The van der Waals surface area contributed by atoms with E-state index in [0.29, 0.717) is 16.3 Å². The molecule has 140 valence electrons. The summed E-state index contributed by atoms with van der Waals surface area (Å²) in [6.07, 6.45) is 0. The molecule has 3 rings (SSSR count). The summed E-state index contributed by atoms with van der Waals surface area (Å²) in [5.41, 5.74) is 1.28. The predicted octanol–water partition coefficient (Wildman–Crippen LogP) is 4.75. The molecule has 0 N–H and O–H groups in total. The smallest absolute Gasteiger partial charge is 0.260 e. The molecule has 1 atom stereocenters. The molecule has 3 aromatic rings. The van der Waals surface area contributed by atoms with Crippen LogP contribution < -0.4 is 4.74 Å². The largest absolute Gasteiger partial charge is 0.483 e. The van der Waals surface area contributed by atoms with Crippen LogP contribution in [0.4, 0.5) is 0 Å². The molecule has 5 nitrogen and oxygen atoms in total. The Labute approximate surface area is 166 Å². The number of hydrogen-bond donors (Lipinski definition) is 0. The maximum atomic E-state index is 12.6. The fraction of sp³-hybridized carbons (Fsp3) is 0.250. The van der Waals surface area contributed by atoms with Crippen LogP contribution in [0.3, 0.4) is 0 Å². The average Bonchev–Trinajstić information content (AvgIpc) is 3.09. The lowest BCUT2D eigenvalue weighted by atomic mass is 10.1. The highest BCUT2D eigenvalue weighted by Crippen LogP contribution is 2.29. The molecule has 7 heteroatoms. The minimum absolute atomic E-state index is 0.170. The topological polar surface area (TPSA) is 59.5 Å². The van der Waals surface area contributed by atoms with Crippen molar-refractivity contribution in [1.82, 2.24) is 9.88 Å². The van der Waals surface area contributed by atoms with Crippen molar-refractivity contribution in [2.24, 2.45) is 0 Å². The van der Waals surface area contributed by atoms with Crippen LogP contribution in [0.2, 0.25) is 5.02 Å². The summed E-state index contributed by atoms with van der Waals surface area (Å²) >= 11 is 7.50. The summed E-state index contributed by atoms with van der Waals surface area (Å²) in [4.78, 5) is 30.5. The second-order valence-electron chi connectivity index (χ2n) is 6.19. The third kappa shape index (κ3) is 4.28. The van der Waals surface area contributed by atoms with Gasteiger partial charge >= 0.3 is 0 Å². The van der Waals surface area contributed by atoms with Crippen LogP contribution in [0.15, 0.2) is 42.5 Å². The van der Waals surface area contributed by atoms with Crippen LogP contribution in [0.5, 0.6) is 5.75 Å². The van der Waals surface area contributed by atoms with E-state index in [-0.39, 0.29) is 24.3 Å². The van der Waals surface area contributed by atoms with Gasteiger partial charge in [0.05, 0.1) is 21.8 Å². The van der Waals surface area contributed by atoms with Gasteiger partial charge in [0.15, 0.2) is 12.4 Å². The van der Waals surface area contributed by atoms with Gasteiger partial charge in [-0.2, -0.15) is 0 Å². The molecular weight excluding hydrogens is 384 g/mol. The monoisotopic (exact) mass is 402 g/mol. The molecule has 0 radical (unpaired) electrons. The lowest BCUT2D eigenvalue weighted by Crippen LogP contribution is -2.33. The summed E-state index contributed by atoms with van der Waals surface area (Å²) in [6, 6.07) is 12.5. The number of benzene rings is 2. The first kappa shape index (κ1) is 19.3. The maximum Gasteiger partial charge on any atom is 0.260 e. The van der Waals surface area contributed by atoms with Crippen molar-refractivity contribution in [1.29, 1.82) is 0 Å². The Morgan fingerprint density at radius 1 is 1.26 bits per heavy atom. The number of rotatable bonds is 6. The zero-order chi connectivity index (χ0) is 19.6. The van der Waals surface area contributed by atoms with Crippen LogP contribution >= 0.6 is 22.9 Å². The van der Waals surface area contributed by atoms with Crippen LogP contribution in [-0.4, -0.2) is 35.2 Å². The van der Waals surface area contributed by atoms with Crippen LogP contribution in [0, 0.1) is 0 Å². The number of aromatic nitrogens is 1. The second kappa shape index (κ2) is 8.06. The molecule has 0 fully saturated rings. The number of ether oxygens (including phenoxy) is 1. The number of likely N-dealkylation sites (N-methyl/N-ethyl adjacent to an activating group) is 1. The number of thiazole rings is 1. The minimum atomic E-state index is -0.203. The molecule has 1 aromatic heterocycles. The number of Topliss-reactive ketones (excluding diaryl/α,β-unsaturated/α-hetero) is 1. The van der Waals surface area contributed by atoms with Gasteiger partial charge in [0, 0.05) is 12.1 Å². The van der Waals surface area contributed by atoms with Crippen molar-refractivity contribution in [2.45, 2.75) is 19.9 Å². The van der Waals surface area contributed by atoms with Gasteiger partial charge < -0.3 is 9.64 Å². The molecule has 0 unspecified atom stereocenters. The molecule has 0 aliphatic heterocycles. The first-order valence-electron chi connectivity index (χ1n) is 8.41. The van der Waals surface area contributed by atoms with E-state index in [0.717, 1.165) is 15.2 Å². The highest BCUT2D eigenvalue weighted by Gasteiger charge is 2.21. The third-order valence-corrected chi connectivity index (χ3v) is 5.76. The standard InChI is InChI=1S/C20H19ClN2O3S/c1-12(20-22-16-6-4-5-7-18(16)27-20)23(3)19(25)11-26-17-9-8-14(21)10-15(17)13(2)24/h4-10,12H,11H2,1-3H3/t12-/m1/s1. The zero-order valence-corrected chi connectivity index (χ0v) is 16.8. The highest BCUT2D eigenvalue weighted by molar-refractivity contribution is 7.18. The van der Waals surface area contributed by atoms with E-state index in [9.17, 15) is 9.59 Å². The van der Waals surface area contributed by atoms with E-state index < -0.39 is 0 Å². The van der Waals surface area contributed by atoms with Crippen molar-refractivity contribution in [3.8, 4) is 5.75 Å². The van der Waals surface area contributed by atoms with Gasteiger partial charge in [-0.15, -0.1) is 11.3 Å². The lowest BCUT2D eigenvalue weighted by molar-refractivity contribution is -0.134. The number of carbonyl (C=O) groups excluding carboxylic acids is 2. The number of amides is 1. The summed E-state index contributed by atoms with van der Waals surface area (Å²) in [5.74, 6) is -0.0244. The van der Waals surface area contributed by atoms with Gasteiger partial charge in [0.25, 0.3) is 5.91 Å². The fourth-order valence-corrected chi connectivity index (χ4v) is 3.83. The zero-order valence-electron chi connectivity index (χ0n) is 15.2. The number of halogens is 1. The number of para-hydroxylation sites is 1. The Hall–Kier alpha value is -2.44. The van der Waals surface area contributed by atoms with Crippen molar-refractivity contribution in [3.05, 3.63) is 58.1 Å². The molecule has 2 aromatic carbocycles. The number of hydrogen-bond acceptors (Lipinski definition) is 5. The Bertz CT molecular complexity index is 969. The van der Waals surface area contributed by atoms with Crippen LogP contribution in [-0.2, 0) is 4.79 Å². The molecule has 0 spiro atoms. The van der Waals surface area contributed by atoms with E-state index >= 15 is 0 Å². The van der Waals surface area contributed by atoms with E-state index in [2.05, 4.69) is 4.98 Å². The average molecular weight is 403 g/mol. The number of fused-ring (bicyclic) bond motifs is 1. The van der Waals surface area contributed by atoms with E-state index in [1.54, 1.807) is 35.4 Å². The Morgan fingerprint density at radius 3 is 2.70 bits per heavy atom. The normalized spacial score (nSPS) is 12.0. The van der Waals surface area contributed by atoms with Gasteiger partial charge in [0.1, 0.15) is 10.8 Å². The first-order chi connectivity index (χ1) is 12.9. The van der Waals surface area contributed by atoms with Crippen molar-refractivity contribution in [2.75, 3.05) is 13.7 Å². The van der Waals surface area contributed by atoms with Crippen LogP contribution in [0.1, 0.15) is 35.3 Å². The third-order valence-electron chi connectivity index (χ3n) is 4.31. The first-order valence-corrected chi connectivity index (χ1v) is 9.60. The quantitative estimate of drug-likeness (QED) is 0.558. The molecule has 0 aliphatic carbocycles. The Balaban J connectivity index is 1.69. The summed E-state index contributed by atoms with van der Waals surface area (Å²) < 4.78 is 6.68. The van der Waals surface area contributed by atoms with Gasteiger partial charge in [-0.3, -0.25) is 9.59 Å². The predicted molar refractivity (Wildman–Crippen MR) is 108 cm³/mol. The van der Waals surface area contributed by atoms with Gasteiger partial charge in [-0.25, -0.2) is 4.98 Å². The van der Waals surface area contributed by atoms with E-state index in [4.69, 9.17) is 16.3 Å².